The van der Waals surface area contributed by atoms with Gasteiger partial charge in [0.25, 0.3) is 0 Å². The normalized spacial score (nSPS) is 11.9. The molecule has 2 aromatic carbocycles. The van der Waals surface area contributed by atoms with Crippen molar-refractivity contribution < 1.29 is 17.6 Å². The van der Waals surface area contributed by atoms with E-state index in [0.29, 0.717) is 5.56 Å². The van der Waals surface area contributed by atoms with E-state index in [2.05, 4.69) is 10.3 Å². The van der Waals surface area contributed by atoms with Gasteiger partial charge in [0, 0.05) is 12.7 Å². The van der Waals surface area contributed by atoms with Crippen LogP contribution in [0.3, 0.4) is 0 Å². The van der Waals surface area contributed by atoms with E-state index in [1.54, 1.807) is 25.1 Å². The molecule has 0 bridgehead atoms. The standard InChI is InChI=1S/C18H18FN3O3S2/c1-11-4-5-13(8-15(11)19)21-18(23)10-22(3)27(24,25)14-6-7-16-17(9-14)26-12(2)20-16/h4-9H,10H2,1-3H3,(H,21,23). The van der Waals surface area contributed by atoms with Crippen molar-refractivity contribution in [1.29, 1.82) is 0 Å². The molecule has 9 heteroatoms. The number of halogens is 1. The van der Waals surface area contributed by atoms with Gasteiger partial charge in [-0.25, -0.2) is 17.8 Å². The molecule has 1 heterocycles. The van der Waals surface area contributed by atoms with Crippen LogP contribution in [0.2, 0.25) is 0 Å². The average Bonchev–Trinajstić information content (AvgIpc) is 2.97. The Morgan fingerprint density at radius 3 is 2.67 bits per heavy atom. The van der Waals surface area contributed by atoms with E-state index in [-0.39, 0.29) is 10.6 Å². The number of anilines is 1. The minimum absolute atomic E-state index is 0.0929. The van der Waals surface area contributed by atoms with Crippen LogP contribution in [0.5, 0.6) is 0 Å². The minimum Gasteiger partial charge on any atom is -0.325 e. The van der Waals surface area contributed by atoms with Crippen molar-refractivity contribution in [2.24, 2.45) is 0 Å². The zero-order chi connectivity index (χ0) is 19.8. The van der Waals surface area contributed by atoms with Crippen LogP contribution < -0.4 is 5.32 Å². The number of nitrogens with one attached hydrogen (secondary N) is 1. The summed E-state index contributed by atoms with van der Waals surface area (Å²) in [6.45, 7) is 3.07. The Labute approximate surface area is 160 Å². The quantitative estimate of drug-likeness (QED) is 0.704. The van der Waals surface area contributed by atoms with E-state index in [1.165, 1.54) is 36.6 Å². The van der Waals surface area contributed by atoms with Crippen LogP contribution in [0, 0.1) is 19.7 Å². The molecule has 0 aliphatic rings. The van der Waals surface area contributed by atoms with Crippen molar-refractivity contribution in [2.75, 3.05) is 18.9 Å². The van der Waals surface area contributed by atoms with E-state index in [0.717, 1.165) is 19.5 Å². The Kier molecular flexibility index (Phi) is 5.27. The molecule has 1 N–H and O–H groups in total. The highest BCUT2D eigenvalue weighted by molar-refractivity contribution is 7.89. The number of nitrogens with zero attached hydrogens (tertiary/aromatic N) is 2. The zero-order valence-electron chi connectivity index (χ0n) is 15.0. The zero-order valence-corrected chi connectivity index (χ0v) is 16.6. The van der Waals surface area contributed by atoms with Crippen LogP contribution in [0.4, 0.5) is 10.1 Å². The fraction of sp³-hybridized carbons (Fsp3) is 0.222. The number of benzene rings is 2. The SMILES string of the molecule is Cc1nc2ccc(S(=O)(=O)N(C)CC(=O)Nc3ccc(C)c(F)c3)cc2s1. The lowest BCUT2D eigenvalue weighted by Gasteiger charge is -2.17. The smallest absolute Gasteiger partial charge is 0.243 e. The van der Waals surface area contributed by atoms with Crippen molar-refractivity contribution in [3.8, 4) is 0 Å². The Hall–Kier alpha value is -2.36. The van der Waals surface area contributed by atoms with Gasteiger partial charge in [0.15, 0.2) is 0 Å². The summed E-state index contributed by atoms with van der Waals surface area (Å²) in [6.07, 6.45) is 0. The number of rotatable bonds is 5. The Bertz CT molecular complexity index is 1130. The highest BCUT2D eigenvalue weighted by atomic mass is 32.2. The summed E-state index contributed by atoms with van der Waals surface area (Å²) in [4.78, 5) is 16.6. The number of likely N-dealkylation sites (N-methyl/N-ethyl adjacent to an activating group) is 1. The molecule has 1 amide bonds. The van der Waals surface area contributed by atoms with Crippen molar-refractivity contribution in [1.82, 2.24) is 9.29 Å². The Morgan fingerprint density at radius 2 is 1.96 bits per heavy atom. The molecule has 0 unspecified atom stereocenters. The fourth-order valence-corrected chi connectivity index (χ4v) is 4.61. The molecular formula is C18H18FN3O3S2. The van der Waals surface area contributed by atoms with Gasteiger partial charge < -0.3 is 5.32 Å². The molecule has 0 spiro atoms. The van der Waals surface area contributed by atoms with Gasteiger partial charge in [-0.15, -0.1) is 11.3 Å². The minimum atomic E-state index is -3.85. The summed E-state index contributed by atoms with van der Waals surface area (Å²) in [5.41, 5.74) is 1.47. The molecule has 0 atom stereocenters. The highest BCUT2D eigenvalue weighted by Crippen LogP contribution is 2.26. The maximum Gasteiger partial charge on any atom is 0.243 e. The maximum atomic E-state index is 13.6. The molecule has 3 aromatic rings. The van der Waals surface area contributed by atoms with Gasteiger partial charge >= 0.3 is 0 Å². The van der Waals surface area contributed by atoms with E-state index in [9.17, 15) is 17.6 Å². The molecule has 0 saturated carbocycles. The first-order chi connectivity index (χ1) is 12.7. The topological polar surface area (TPSA) is 79.4 Å². The molecule has 3 rings (SSSR count). The largest absolute Gasteiger partial charge is 0.325 e. The second-order valence-electron chi connectivity index (χ2n) is 6.14. The molecule has 0 radical (unpaired) electrons. The summed E-state index contributed by atoms with van der Waals surface area (Å²) >= 11 is 1.40. The number of aryl methyl sites for hydroxylation is 2. The number of hydrogen-bond acceptors (Lipinski definition) is 5. The van der Waals surface area contributed by atoms with Gasteiger partial charge in [0.05, 0.1) is 26.7 Å². The number of amides is 1. The van der Waals surface area contributed by atoms with Gasteiger partial charge in [-0.1, -0.05) is 6.07 Å². The lowest BCUT2D eigenvalue weighted by Crippen LogP contribution is -2.35. The van der Waals surface area contributed by atoms with Crippen LogP contribution in [0.15, 0.2) is 41.3 Å². The Morgan fingerprint density at radius 1 is 1.22 bits per heavy atom. The first-order valence-corrected chi connectivity index (χ1v) is 10.3. The van der Waals surface area contributed by atoms with Gasteiger partial charge in [-0.2, -0.15) is 4.31 Å². The number of hydrogen-bond donors (Lipinski definition) is 1. The molecule has 27 heavy (non-hydrogen) atoms. The predicted molar refractivity (Wildman–Crippen MR) is 104 cm³/mol. The third kappa shape index (κ3) is 4.15. The monoisotopic (exact) mass is 407 g/mol. The van der Waals surface area contributed by atoms with Gasteiger partial charge in [0.2, 0.25) is 15.9 Å². The molecule has 1 aromatic heterocycles. The first kappa shape index (κ1) is 19.4. The fourth-order valence-electron chi connectivity index (χ4n) is 2.52. The average molecular weight is 407 g/mol. The van der Waals surface area contributed by atoms with Crippen LogP contribution in [0.1, 0.15) is 10.6 Å². The lowest BCUT2D eigenvalue weighted by atomic mass is 10.2. The molecule has 0 fully saturated rings. The Balaban J connectivity index is 1.75. The number of fused-ring (bicyclic) bond motifs is 1. The van der Waals surface area contributed by atoms with Crippen LogP contribution in [-0.4, -0.2) is 37.2 Å². The summed E-state index contributed by atoms with van der Waals surface area (Å²) < 4.78 is 40.8. The van der Waals surface area contributed by atoms with Crippen molar-refractivity contribution >= 4 is 43.2 Å². The summed E-state index contributed by atoms with van der Waals surface area (Å²) in [5.74, 6) is -0.999. The molecule has 0 aliphatic carbocycles. The van der Waals surface area contributed by atoms with Crippen LogP contribution in [-0.2, 0) is 14.8 Å². The second kappa shape index (κ2) is 7.34. The summed E-state index contributed by atoms with van der Waals surface area (Å²) in [6, 6.07) is 8.97. The number of carbonyl (C=O) groups excluding carboxylic acids is 1. The van der Waals surface area contributed by atoms with Gasteiger partial charge in [-0.3, -0.25) is 4.79 Å². The van der Waals surface area contributed by atoms with Crippen LogP contribution >= 0.6 is 11.3 Å². The molecule has 0 aliphatic heterocycles. The number of thiazole rings is 1. The molecule has 6 nitrogen and oxygen atoms in total. The summed E-state index contributed by atoms with van der Waals surface area (Å²) in [5, 5.41) is 3.35. The third-order valence-electron chi connectivity index (χ3n) is 4.00. The third-order valence-corrected chi connectivity index (χ3v) is 6.73. The van der Waals surface area contributed by atoms with Crippen molar-refractivity contribution in [3.05, 3.63) is 52.8 Å². The van der Waals surface area contributed by atoms with Crippen LogP contribution in [0.25, 0.3) is 10.2 Å². The van der Waals surface area contributed by atoms with E-state index in [1.807, 2.05) is 6.92 Å². The lowest BCUT2D eigenvalue weighted by molar-refractivity contribution is -0.116. The predicted octanol–water partition coefficient (Wildman–Crippen LogP) is 3.31. The van der Waals surface area contributed by atoms with E-state index < -0.39 is 28.3 Å². The number of aromatic nitrogens is 1. The van der Waals surface area contributed by atoms with E-state index >= 15 is 0 Å². The number of carbonyl (C=O) groups is 1. The van der Waals surface area contributed by atoms with E-state index in [4.69, 9.17) is 0 Å². The number of sulfonamides is 1. The van der Waals surface area contributed by atoms with Gasteiger partial charge in [0.1, 0.15) is 5.82 Å². The molecule has 0 saturated heterocycles. The molecular weight excluding hydrogens is 389 g/mol. The molecule has 142 valence electrons. The second-order valence-corrected chi connectivity index (χ2v) is 9.42. The summed E-state index contributed by atoms with van der Waals surface area (Å²) in [7, 11) is -2.52. The highest BCUT2D eigenvalue weighted by Gasteiger charge is 2.23. The van der Waals surface area contributed by atoms with Crippen molar-refractivity contribution in [2.45, 2.75) is 18.7 Å². The maximum absolute atomic E-state index is 13.6. The van der Waals surface area contributed by atoms with Crippen molar-refractivity contribution in [3.63, 3.8) is 0 Å². The van der Waals surface area contributed by atoms with Gasteiger partial charge in [-0.05, 0) is 49.7 Å². The first-order valence-electron chi connectivity index (χ1n) is 8.06.